The van der Waals surface area contributed by atoms with E-state index in [0.717, 1.165) is 13.1 Å². The van der Waals surface area contributed by atoms with Gasteiger partial charge in [0, 0.05) is 31.7 Å². The SMILES string of the molecule is CC(C)Oc1ccc(C(=O)N2CCNCC2)cc1F. The number of hydrogen-bond donors (Lipinski definition) is 1. The van der Waals surface area contributed by atoms with Crippen molar-refractivity contribution < 1.29 is 13.9 Å². The average Bonchev–Trinajstić information content (AvgIpc) is 2.41. The molecule has 0 radical (unpaired) electrons. The monoisotopic (exact) mass is 266 g/mol. The lowest BCUT2D eigenvalue weighted by molar-refractivity contribution is 0.0735. The number of hydrogen-bond acceptors (Lipinski definition) is 3. The Bertz CT molecular complexity index is 457. The molecule has 0 unspecified atom stereocenters. The molecule has 1 saturated heterocycles. The average molecular weight is 266 g/mol. The minimum absolute atomic E-state index is 0.0933. The highest BCUT2D eigenvalue weighted by Gasteiger charge is 2.19. The van der Waals surface area contributed by atoms with E-state index in [2.05, 4.69) is 5.32 Å². The fraction of sp³-hybridized carbons (Fsp3) is 0.500. The predicted octanol–water partition coefficient (Wildman–Crippen LogP) is 1.66. The molecule has 0 spiro atoms. The lowest BCUT2D eigenvalue weighted by Gasteiger charge is -2.27. The maximum Gasteiger partial charge on any atom is 0.254 e. The highest BCUT2D eigenvalue weighted by molar-refractivity contribution is 5.94. The van der Waals surface area contributed by atoms with Gasteiger partial charge in [0.25, 0.3) is 5.91 Å². The normalized spacial score (nSPS) is 15.7. The Balaban J connectivity index is 2.12. The van der Waals surface area contributed by atoms with Crippen molar-refractivity contribution in [2.75, 3.05) is 26.2 Å². The van der Waals surface area contributed by atoms with Gasteiger partial charge in [-0.15, -0.1) is 0 Å². The van der Waals surface area contributed by atoms with Crippen LogP contribution >= 0.6 is 0 Å². The summed E-state index contributed by atoms with van der Waals surface area (Å²) in [5, 5.41) is 3.18. The summed E-state index contributed by atoms with van der Waals surface area (Å²) in [6.07, 6.45) is -0.0933. The maximum atomic E-state index is 13.8. The molecule has 1 amide bonds. The van der Waals surface area contributed by atoms with E-state index < -0.39 is 5.82 Å². The first-order chi connectivity index (χ1) is 9.08. The van der Waals surface area contributed by atoms with Crippen molar-refractivity contribution in [2.45, 2.75) is 20.0 Å². The highest BCUT2D eigenvalue weighted by atomic mass is 19.1. The van der Waals surface area contributed by atoms with Crippen LogP contribution in [0.3, 0.4) is 0 Å². The summed E-state index contributed by atoms with van der Waals surface area (Å²) >= 11 is 0. The van der Waals surface area contributed by atoms with Gasteiger partial charge in [-0.3, -0.25) is 4.79 Å². The topological polar surface area (TPSA) is 41.6 Å². The van der Waals surface area contributed by atoms with Gasteiger partial charge >= 0.3 is 0 Å². The molecule has 0 atom stereocenters. The van der Waals surface area contributed by atoms with Gasteiger partial charge in [0.15, 0.2) is 11.6 Å². The van der Waals surface area contributed by atoms with E-state index in [4.69, 9.17) is 4.74 Å². The van der Waals surface area contributed by atoms with E-state index in [1.54, 1.807) is 11.0 Å². The fourth-order valence-electron chi connectivity index (χ4n) is 2.03. The zero-order chi connectivity index (χ0) is 13.8. The number of carbonyl (C=O) groups excluding carboxylic acids is 1. The third-order valence-electron chi connectivity index (χ3n) is 2.95. The Labute approximate surface area is 112 Å². The first-order valence-electron chi connectivity index (χ1n) is 6.54. The van der Waals surface area contributed by atoms with Gasteiger partial charge in [0.1, 0.15) is 0 Å². The lowest BCUT2D eigenvalue weighted by Crippen LogP contribution is -2.46. The predicted molar refractivity (Wildman–Crippen MR) is 70.9 cm³/mol. The van der Waals surface area contributed by atoms with Gasteiger partial charge in [0.05, 0.1) is 6.10 Å². The van der Waals surface area contributed by atoms with E-state index in [-0.39, 0.29) is 17.8 Å². The highest BCUT2D eigenvalue weighted by Crippen LogP contribution is 2.20. The summed E-state index contributed by atoms with van der Waals surface area (Å²) in [6.45, 7) is 6.54. The molecule has 104 valence electrons. The van der Waals surface area contributed by atoms with Crippen molar-refractivity contribution in [3.63, 3.8) is 0 Å². The van der Waals surface area contributed by atoms with Crippen molar-refractivity contribution in [3.8, 4) is 5.75 Å². The van der Waals surface area contributed by atoms with E-state index in [1.165, 1.54) is 12.1 Å². The van der Waals surface area contributed by atoms with Crippen molar-refractivity contribution in [3.05, 3.63) is 29.6 Å². The minimum atomic E-state index is -0.491. The number of ether oxygens (including phenoxy) is 1. The minimum Gasteiger partial charge on any atom is -0.488 e. The lowest BCUT2D eigenvalue weighted by atomic mass is 10.1. The molecule has 19 heavy (non-hydrogen) atoms. The number of nitrogens with one attached hydrogen (secondary N) is 1. The second-order valence-electron chi connectivity index (χ2n) is 4.85. The Morgan fingerprint density at radius 3 is 2.63 bits per heavy atom. The molecule has 0 aromatic heterocycles. The molecule has 2 rings (SSSR count). The largest absolute Gasteiger partial charge is 0.488 e. The molecule has 0 aliphatic carbocycles. The number of piperazine rings is 1. The Morgan fingerprint density at radius 2 is 2.05 bits per heavy atom. The van der Waals surface area contributed by atoms with Gasteiger partial charge in [-0.05, 0) is 32.0 Å². The summed E-state index contributed by atoms with van der Waals surface area (Å²) in [4.78, 5) is 13.9. The molecule has 1 fully saturated rings. The number of carbonyl (C=O) groups is 1. The summed E-state index contributed by atoms with van der Waals surface area (Å²) in [7, 11) is 0. The van der Waals surface area contributed by atoms with Crippen molar-refractivity contribution >= 4 is 5.91 Å². The Morgan fingerprint density at radius 1 is 1.37 bits per heavy atom. The quantitative estimate of drug-likeness (QED) is 0.904. The van der Waals surface area contributed by atoms with Crippen LogP contribution in [0.2, 0.25) is 0 Å². The second-order valence-corrected chi connectivity index (χ2v) is 4.85. The van der Waals surface area contributed by atoms with Crippen molar-refractivity contribution in [2.24, 2.45) is 0 Å². The molecule has 0 bridgehead atoms. The number of amides is 1. The number of nitrogens with zero attached hydrogens (tertiary/aromatic N) is 1. The van der Waals surface area contributed by atoms with Crippen LogP contribution in [-0.2, 0) is 0 Å². The smallest absolute Gasteiger partial charge is 0.254 e. The maximum absolute atomic E-state index is 13.8. The van der Waals surface area contributed by atoms with E-state index in [1.807, 2.05) is 13.8 Å². The van der Waals surface area contributed by atoms with Gasteiger partial charge in [-0.25, -0.2) is 4.39 Å². The van der Waals surface area contributed by atoms with E-state index in [9.17, 15) is 9.18 Å². The van der Waals surface area contributed by atoms with Gasteiger partial charge in [-0.2, -0.15) is 0 Å². The van der Waals surface area contributed by atoms with E-state index >= 15 is 0 Å². The summed E-state index contributed by atoms with van der Waals surface area (Å²) in [5.74, 6) is -0.432. The van der Waals surface area contributed by atoms with Crippen LogP contribution < -0.4 is 10.1 Å². The standard InChI is InChI=1S/C14H19FN2O2/c1-10(2)19-13-4-3-11(9-12(13)15)14(18)17-7-5-16-6-8-17/h3-4,9-10,16H,5-8H2,1-2H3. The summed E-state index contributed by atoms with van der Waals surface area (Å²) < 4.78 is 19.1. The van der Waals surface area contributed by atoms with Crippen molar-refractivity contribution in [1.82, 2.24) is 10.2 Å². The molecular weight excluding hydrogens is 247 g/mol. The Hall–Kier alpha value is -1.62. The van der Waals surface area contributed by atoms with Crippen LogP contribution in [0.15, 0.2) is 18.2 Å². The molecule has 1 aliphatic rings. The molecule has 1 heterocycles. The first kappa shape index (κ1) is 13.8. The van der Waals surface area contributed by atoms with Crippen LogP contribution in [0.25, 0.3) is 0 Å². The first-order valence-corrected chi connectivity index (χ1v) is 6.54. The summed E-state index contributed by atoms with van der Waals surface area (Å²) in [5.41, 5.74) is 0.371. The third-order valence-corrected chi connectivity index (χ3v) is 2.95. The summed E-state index contributed by atoms with van der Waals surface area (Å²) in [6, 6.07) is 4.39. The molecule has 4 nitrogen and oxygen atoms in total. The van der Waals surface area contributed by atoms with Crippen LogP contribution in [0.1, 0.15) is 24.2 Å². The number of halogens is 1. The van der Waals surface area contributed by atoms with Crippen LogP contribution in [0.5, 0.6) is 5.75 Å². The second kappa shape index (κ2) is 6.02. The third kappa shape index (κ3) is 3.44. The molecular formula is C14H19FN2O2. The molecule has 1 N–H and O–H groups in total. The van der Waals surface area contributed by atoms with Crippen molar-refractivity contribution in [1.29, 1.82) is 0 Å². The number of rotatable bonds is 3. The molecule has 5 heteroatoms. The number of benzene rings is 1. The molecule has 0 saturated carbocycles. The zero-order valence-electron chi connectivity index (χ0n) is 11.3. The molecule has 1 aliphatic heterocycles. The van der Waals surface area contributed by atoms with Crippen LogP contribution in [-0.4, -0.2) is 43.1 Å². The zero-order valence-corrected chi connectivity index (χ0v) is 11.3. The van der Waals surface area contributed by atoms with Gasteiger partial charge in [0.2, 0.25) is 0 Å². The Kier molecular flexibility index (Phi) is 4.37. The van der Waals surface area contributed by atoms with E-state index in [0.29, 0.717) is 18.7 Å². The van der Waals surface area contributed by atoms with Crippen LogP contribution in [0.4, 0.5) is 4.39 Å². The van der Waals surface area contributed by atoms with Gasteiger partial charge < -0.3 is 15.0 Å². The fourth-order valence-corrected chi connectivity index (χ4v) is 2.03. The van der Waals surface area contributed by atoms with Gasteiger partial charge in [-0.1, -0.05) is 0 Å². The molecule has 1 aromatic rings. The van der Waals surface area contributed by atoms with Crippen LogP contribution in [0, 0.1) is 5.82 Å². The molecule has 1 aromatic carbocycles.